The van der Waals surface area contributed by atoms with Crippen molar-refractivity contribution in [2.75, 3.05) is 13.2 Å². The van der Waals surface area contributed by atoms with Crippen LogP contribution in [0.25, 0.3) is 0 Å². The number of hydrogen-bond acceptors (Lipinski definition) is 13. The molecular weight excluding hydrogens is 652 g/mol. The highest BCUT2D eigenvalue weighted by molar-refractivity contribution is 5.85. The summed E-state index contributed by atoms with van der Waals surface area (Å²) >= 11 is 0. The Kier molecular flexibility index (Phi) is 9.99. The van der Waals surface area contributed by atoms with Gasteiger partial charge >= 0.3 is 11.9 Å². The van der Waals surface area contributed by atoms with E-state index in [4.69, 9.17) is 28.4 Å². The van der Waals surface area contributed by atoms with E-state index in [1.165, 1.54) is 6.92 Å². The standard InChI is InChI=1S/C37H56O13/c1-18-33(50-34-32(43)31(42)30(41)27(16-38)49-34)26(47-19(2)39)15-29(46-18)48-22-7-10-35(3)21(14-22)5-6-25-24(35)8-11-36(4)23(9-12-37(25,36)44)20-13-28(40)45-17-20/h13,18,21-27,29-34,38,41-44H,5-12,14-17H2,1-4H3. The molecule has 50 heavy (non-hydrogen) atoms. The fraction of sp³-hybridized carbons (Fsp3) is 0.892. The molecule has 0 aromatic heterocycles. The van der Waals surface area contributed by atoms with Crippen molar-refractivity contribution < 1.29 is 63.5 Å². The lowest BCUT2D eigenvalue weighted by molar-refractivity contribution is -0.344. The molecule has 0 spiro atoms. The van der Waals surface area contributed by atoms with Crippen molar-refractivity contribution in [3.63, 3.8) is 0 Å². The number of cyclic esters (lactones) is 1. The molecule has 0 radical (unpaired) electrons. The van der Waals surface area contributed by atoms with Crippen LogP contribution in [0.3, 0.4) is 0 Å². The lowest BCUT2D eigenvalue weighted by Gasteiger charge is -2.64. The quantitative estimate of drug-likeness (QED) is 0.191. The Morgan fingerprint density at radius 3 is 2.42 bits per heavy atom. The first-order chi connectivity index (χ1) is 23.7. The predicted molar refractivity (Wildman–Crippen MR) is 174 cm³/mol. The van der Waals surface area contributed by atoms with Crippen LogP contribution in [0.2, 0.25) is 0 Å². The minimum Gasteiger partial charge on any atom is -0.459 e. The van der Waals surface area contributed by atoms with Gasteiger partial charge in [-0.1, -0.05) is 13.8 Å². The van der Waals surface area contributed by atoms with Crippen LogP contribution in [0.5, 0.6) is 0 Å². The van der Waals surface area contributed by atoms with Crippen LogP contribution < -0.4 is 0 Å². The van der Waals surface area contributed by atoms with Gasteiger partial charge in [-0.15, -0.1) is 0 Å². The first-order valence-electron chi connectivity index (χ1n) is 18.7. The molecule has 3 heterocycles. The molecule has 0 bridgehead atoms. The monoisotopic (exact) mass is 708 g/mol. The van der Waals surface area contributed by atoms with Gasteiger partial charge in [-0.3, -0.25) is 4.79 Å². The SMILES string of the molecule is CC(=O)OC1CC(OC2CCC3(C)C(CCC4C3CCC3(C)C(C5=CC(=O)OC5)CCC43O)C2)OC(C)C1OC1OC(CO)C(O)C(O)C1O. The Bertz CT molecular complexity index is 1320. The van der Waals surface area contributed by atoms with Gasteiger partial charge in [-0.05, 0) is 99.4 Å². The van der Waals surface area contributed by atoms with E-state index in [1.54, 1.807) is 13.0 Å². The van der Waals surface area contributed by atoms with Crippen molar-refractivity contribution in [2.45, 2.75) is 159 Å². The second kappa shape index (κ2) is 13.6. The van der Waals surface area contributed by atoms with Gasteiger partial charge in [0.1, 0.15) is 43.2 Å². The first-order valence-corrected chi connectivity index (χ1v) is 18.7. The van der Waals surface area contributed by atoms with E-state index in [9.17, 15) is 35.1 Å². The van der Waals surface area contributed by atoms with Crippen molar-refractivity contribution in [2.24, 2.45) is 34.5 Å². The Morgan fingerprint density at radius 1 is 0.940 bits per heavy atom. The minimum absolute atomic E-state index is 0.0534. The lowest BCUT2D eigenvalue weighted by Crippen LogP contribution is -2.62. The average Bonchev–Trinajstić information content (AvgIpc) is 3.61. The Labute approximate surface area is 293 Å². The van der Waals surface area contributed by atoms with Gasteiger partial charge in [-0.2, -0.15) is 0 Å². The number of carbonyl (C=O) groups excluding carboxylic acids is 2. The molecule has 6 fully saturated rings. The van der Waals surface area contributed by atoms with Gasteiger partial charge < -0.3 is 54.0 Å². The second-order valence-electron chi connectivity index (χ2n) is 16.8. The summed E-state index contributed by atoms with van der Waals surface area (Å²) in [6, 6.07) is 0. The minimum atomic E-state index is -1.60. The average molecular weight is 709 g/mol. The molecule has 5 N–H and O–H groups in total. The van der Waals surface area contributed by atoms with Crippen LogP contribution in [0.1, 0.15) is 91.9 Å². The predicted octanol–water partition coefficient (Wildman–Crippen LogP) is 1.88. The molecule has 282 valence electrons. The highest BCUT2D eigenvalue weighted by atomic mass is 16.7. The highest BCUT2D eigenvalue weighted by Gasteiger charge is 2.68. The molecule has 2 saturated heterocycles. The van der Waals surface area contributed by atoms with Gasteiger partial charge in [0, 0.05) is 24.8 Å². The molecule has 0 aromatic carbocycles. The number of hydrogen-bond donors (Lipinski definition) is 5. The highest BCUT2D eigenvalue weighted by Crippen LogP contribution is 2.70. The molecule has 4 aliphatic carbocycles. The third kappa shape index (κ3) is 6.06. The Morgan fingerprint density at radius 2 is 1.72 bits per heavy atom. The van der Waals surface area contributed by atoms with Crippen LogP contribution in [0, 0.1) is 34.5 Å². The van der Waals surface area contributed by atoms with Crippen molar-refractivity contribution in [3.05, 3.63) is 11.6 Å². The fourth-order valence-corrected chi connectivity index (χ4v) is 11.7. The molecule has 13 nitrogen and oxygen atoms in total. The topological polar surface area (TPSA) is 191 Å². The second-order valence-corrected chi connectivity index (χ2v) is 16.8. The number of fused-ring (bicyclic) bond motifs is 5. The van der Waals surface area contributed by atoms with E-state index in [0.717, 1.165) is 63.4 Å². The summed E-state index contributed by atoms with van der Waals surface area (Å²) in [5.74, 6) is 0.451. The smallest absolute Gasteiger partial charge is 0.331 e. The maximum atomic E-state index is 12.5. The van der Waals surface area contributed by atoms with Gasteiger partial charge in [0.05, 0.1) is 24.4 Å². The van der Waals surface area contributed by atoms with Crippen LogP contribution in [-0.2, 0) is 38.0 Å². The zero-order valence-electron chi connectivity index (χ0n) is 29.6. The summed E-state index contributed by atoms with van der Waals surface area (Å²) < 4.78 is 35.4. The summed E-state index contributed by atoms with van der Waals surface area (Å²) in [6.07, 6.45) is -0.133. The number of carbonyl (C=O) groups is 2. The number of ether oxygens (including phenoxy) is 6. The number of aliphatic hydroxyl groups excluding tert-OH is 4. The number of aliphatic hydroxyl groups is 5. The van der Waals surface area contributed by atoms with Crippen molar-refractivity contribution in [1.82, 2.24) is 0 Å². The van der Waals surface area contributed by atoms with Crippen LogP contribution >= 0.6 is 0 Å². The molecule has 7 aliphatic rings. The summed E-state index contributed by atoms with van der Waals surface area (Å²) in [7, 11) is 0. The maximum Gasteiger partial charge on any atom is 0.331 e. The van der Waals surface area contributed by atoms with Crippen LogP contribution in [0.4, 0.5) is 0 Å². The molecule has 17 unspecified atom stereocenters. The van der Waals surface area contributed by atoms with Gasteiger partial charge in [0.15, 0.2) is 12.6 Å². The summed E-state index contributed by atoms with van der Waals surface area (Å²) in [5, 5.41) is 53.1. The van der Waals surface area contributed by atoms with E-state index in [2.05, 4.69) is 13.8 Å². The van der Waals surface area contributed by atoms with E-state index >= 15 is 0 Å². The van der Waals surface area contributed by atoms with E-state index in [-0.39, 0.29) is 41.2 Å². The van der Waals surface area contributed by atoms with E-state index < -0.39 is 73.5 Å². The van der Waals surface area contributed by atoms with Crippen molar-refractivity contribution in [1.29, 1.82) is 0 Å². The summed E-state index contributed by atoms with van der Waals surface area (Å²) in [6.45, 7) is 7.48. The van der Waals surface area contributed by atoms with Crippen LogP contribution in [0.15, 0.2) is 11.6 Å². The molecule has 3 aliphatic heterocycles. The molecule has 7 rings (SSSR count). The number of rotatable bonds is 7. The third-order valence-corrected chi connectivity index (χ3v) is 14.4. The van der Waals surface area contributed by atoms with Gasteiger partial charge in [0.2, 0.25) is 0 Å². The number of esters is 2. The normalized spacial score (nSPS) is 51.9. The molecule has 0 aromatic rings. The Balaban J connectivity index is 0.991. The zero-order valence-corrected chi connectivity index (χ0v) is 29.6. The largest absolute Gasteiger partial charge is 0.459 e. The van der Waals surface area contributed by atoms with Gasteiger partial charge in [-0.25, -0.2) is 4.79 Å². The first kappa shape index (κ1) is 36.7. The molecule has 4 saturated carbocycles. The molecule has 0 amide bonds. The summed E-state index contributed by atoms with van der Waals surface area (Å²) in [4.78, 5) is 24.0. The Hall–Kier alpha value is -1.68. The molecular formula is C37H56O13. The van der Waals surface area contributed by atoms with Crippen molar-refractivity contribution in [3.8, 4) is 0 Å². The zero-order chi connectivity index (χ0) is 35.7. The fourth-order valence-electron chi connectivity index (χ4n) is 11.7. The van der Waals surface area contributed by atoms with Crippen LogP contribution in [-0.4, -0.2) is 118 Å². The van der Waals surface area contributed by atoms with E-state index in [0.29, 0.717) is 18.4 Å². The summed E-state index contributed by atoms with van der Waals surface area (Å²) in [5.41, 5.74) is 0.0939. The van der Waals surface area contributed by atoms with E-state index in [1.807, 2.05) is 0 Å². The lowest BCUT2D eigenvalue weighted by atomic mass is 9.43. The molecule has 13 heteroatoms. The van der Waals surface area contributed by atoms with Crippen molar-refractivity contribution >= 4 is 11.9 Å². The maximum absolute atomic E-state index is 12.5. The molecule has 17 atom stereocenters. The van der Waals surface area contributed by atoms with Gasteiger partial charge in [0.25, 0.3) is 0 Å². The third-order valence-electron chi connectivity index (χ3n) is 14.4.